The average Bonchev–Trinajstić information content (AvgIpc) is 3.67. The minimum Gasteiger partial charge on any atom is -0.445 e. The quantitative estimate of drug-likeness (QED) is 0.355. The molecule has 3 aromatic heterocycles. The van der Waals surface area contributed by atoms with Crippen molar-refractivity contribution >= 4 is 5.69 Å². The predicted octanol–water partition coefficient (Wildman–Crippen LogP) is 5.68. The van der Waals surface area contributed by atoms with Crippen molar-refractivity contribution in [2.45, 2.75) is 44.3 Å². The first-order valence-corrected chi connectivity index (χ1v) is 12.6. The number of H-pyrrole nitrogens is 1. The van der Waals surface area contributed by atoms with E-state index in [1.165, 1.54) is 5.56 Å². The number of hydrogen-bond acceptors (Lipinski definition) is 6. The standard InChI is InChI=1S/C29H30N6O/c30-19-23-18-22(29-34-16-17-36-29)11-12-24(23)35(25-10-4-8-20-9-5-13-31-26(20)25)27(28-32-14-15-33-28)21-6-2-1-3-7-21/h1-3,5-6,9,11-18,21,25,27H,4,7-8,10,19,30H2,(H,32,33). The summed E-state index contributed by atoms with van der Waals surface area (Å²) in [5.74, 6) is 1.78. The van der Waals surface area contributed by atoms with Gasteiger partial charge in [-0.15, -0.1) is 0 Å². The van der Waals surface area contributed by atoms with Gasteiger partial charge >= 0.3 is 0 Å². The summed E-state index contributed by atoms with van der Waals surface area (Å²) < 4.78 is 5.58. The Labute approximate surface area is 210 Å². The molecule has 0 fully saturated rings. The number of hydrogen-bond donors (Lipinski definition) is 2. The fraction of sp³-hybridized carbons (Fsp3) is 0.276. The smallest absolute Gasteiger partial charge is 0.225 e. The number of allylic oxidation sites excluding steroid dienone is 3. The Hall–Kier alpha value is -3.97. The molecular weight excluding hydrogens is 448 g/mol. The van der Waals surface area contributed by atoms with Crippen molar-refractivity contribution in [1.29, 1.82) is 0 Å². The number of benzene rings is 1. The fourth-order valence-electron chi connectivity index (χ4n) is 5.68. The number of rotatable bonds is 7. The monoisotopic (exact) mass is 478 g/mol. The SMILES string of the molecule is NCc1cc(-c2ncco2)ccc1N(C1CCCc2cccnc21)C(c1ncc[nH]1)C1C=CC=CC1. The maximum atomic E-state index is 6.39. The first kappa shape index (κ1) is 22.5. The van der Waals surface area contributed by atoms with Crippen LogP contribution in [0.4, 0.5) is 5.69 Å². The highest BCUT2D eigenvalue weighted by molar-refractivity contribution is 5.65. The third-order valence-electron chi connectivity index (χ3n) is 7.28. The van der Waals surface area contributed by atoms with E-state index in [-0.39, 0.29) is 18.0 Å². The minimum absolute atomic E-state index is 0.0166. The number of pyridine rings is 1. The van der Waals surface area contributed by atoms with E-state index >= 15 is 0 Å². The lowest BCUT2D eigenvalue weighted by atomic mass is 9.84. The number of imidazole rings is 1. The largest absolute Gasteiger partial charge is 0.445 e. The number of nitrogens with one attached hydrogen (secondary N) is 1. The van der Waals surface area contributed by atoms with E-state index in [9.17, 15) is 0 Å². The molecule has 3 unspecified atom stereocenters. The highest BCUT2D eigenvalue weighted by Crippen LogP contribution is 2.46. The molecule has 0 bridgehead atoms. The van der Waals surface area contributed by atoms with Crippen LogP contribution < -0.4 is 10.6 Å². The van der Waals surface area contributed by atoms with Crippen molar-refractivity contribution in [2.75, 3.05) is 4.90 Å². The second-order valence-corrected chi connectivity index (χ2v) is 9.38. The molecule has 7 heteroatoms. The number of fused-ring (bicyclic) bond motifs is 1. The number of nitrogens with zero attached hydrogens (tertiary/aromatic N) is 4. The number of aromatic nitrogens is 4. The molecule has 0 radical (unpaired) electrons. The Balaban J connectivity index is 1.54. The number of aryl methyl sites for hydroxylation is 1. The van der Waals surface area contributed by atoms with E-state index in [4.69, 9.17) is 20.1 Å². The second-order valence-electron chi connectivity index (χ2n) is 9.38. The lowest BCUT2D eigenvalue weighted by molar-refractivity contribution is 0.390. The third kappa shape index (κ3) is 4.16. The molecule has 36 heavy (non-hydrogen) atoms. The van der Waals surface area contributed by atoms with Crippen LogP contribution in [0.3, 0.4) is 0 Å². The molecule has 0 saturated heterocycles. The van der Waals surface area contributed by atoms with Gasteiger partial charge in [-0.1, -0.05) is 30.4 Å². The van der Waals surface area contributed by atoms with Crippen LogP contribution in [0.5, 0.6) is 0 Å². The van der Waals surface area contributed by atoms with Gasteiger partial charge in [-0.25, -0.2) is 9.97 Å². The van der Waals surface area contributed by atoms with Crippen LogP contribution in [-0.2, 0) is 13.0 Å². The van der Waals surface area contributed by atoms with Crippen LogP contribution in [0.25, 0.3) is 11.5 Å². The van der Waals surface area contributed by atoms with Gasteiger partial charge in [0.15, 0.2) is 0 Å². The predicted molar refractivity (Wildman–Crippen MR) is 140 cm³/mol. The van der Waals surface area contributed by atoms with Crippen LogP contribution in [0, 0.1) is 5.92 Å². The van der Waals surface area contributed by atoms with E-state index < -0.39 is 0 Å². The molecule has 0 amide bonds. The minimum atomic E-state index is -0.0166. The Morgan fingerprint density at radius 3 is 2.86 bits per heavy atom. The van der Waals surface area contributed by atoms with Crippen molar-refractivity contribution in [3.8, 4) is 11.5 Å². The normalized spacial score (nSPS) is 19.7. The molecule has 0 spiro atoms. The van der Waals surface area contributed by atoms with Crippen LogP contribution in [-0.4, -0.2) is 19.9 Å². The summed E-state index contributed by atoms with van der Waals surface area (Å²) in [6, 6.07) is 10.7. The summed E-state index contributed by atoms with van der Waals surface area (Å²) in [5, 5.41) is 0. The summed E-state index contributed by atoms with van der Waals surface area (Å²) >= 11 is 0. The Morgan fingerprint density at radius 2 is 2.08 bits per heavy atom. The topological polar surface area (TPSA) is 96.9 Å². The van der Waals surface area contributed by atoms with Crippen molar-refractivity contribution < 1.29 is 4.42 Å². The van der Waals surface area contributed by atoms with Gasteiger partial charge in [0, 0.05) is 42.3 Å². The van der Waals surface area contributed by atoms with Gasteiger partial charge in [0.1, 0.15) is 12.1 Å². The summed E-state index contributed by atoms with van der Waals surface area (Å²) in [6.07, 6.45) is 21.8. The second kappa shape index (κ2) is 9.95. The molecule has 3 atom stereocenters. The van der Waals surface area contributed by atoms with Gasteiger partial charge < -0.3 is 20.0 Å². The zero-order chi connectivity index (χ0) is 24.3. The molecule has 182 valence electrons. The first-order chi connectivity index (χ1) is 17.8. The van der Waals surface area contributed by atoms with Crippen molar-refractivity contribution in [2.24, 2.45) is 11.7 Å². The molecule has 7 nitrogen and oxygen atoms in total. The van der Waals surface area contributed by atoms with Gasteiger partial charge in [0.05, 0.1) is 24.0 Å². The Bertz CT molecular complexity index is 1360. The fourth-order valence-corrected chi connectivity index (χ4v) is 5.68. The average molecular weight is 479 g/mol. The molecule has 3 heterocycles. The Kier molecular flexibility index (Phi) is 6.22. The lowest BCUT2D eigenvalue weighted by Gasteiger charge is -2.44. The number of oxazole rings is 1. The van der Waals surface area contributed by atoms with Gasteiger partial charge in [-0.05, 0) is 61.1 Å². The van der Waals surface area contributed by atoms with Crippen molar-refractivity contribution in [3.05, 3.63) is 108 Å². The van der Waals surface area contributed by atoms with E-state index in [1.54, 1.807) is 12.5 Å². The van der Waals surface area contributed by atoms with Crippen molar-refractivity contribution in [3.63, 3.8) is 0 Å². The molecule has 2 aliphatic carbocycles. The number of aromatic amines is 1. The molecule has 6 rings (SSSR count). The maximum absolute atomic E-state index is 6.39. The highest BCUT2D eigenvalue weighted by atomic mass is 16.3. The number of anilines is 1. The highest BCUT2D eigenvalue weighted by Gasteiger charge is 2.38. The van der Waals surface area contributed by atoms with Gasteiger partial charge in [-0.2, -0.15) is 0 Å². The van der Waals surface area contributed by atoms with Gasteiger partial charge in [0.25, 0.3) is 0 Å². The first-order valence-electron chi connectivity index (χ1n) is 12.6. The zero-order valence-electron chi connectivity index (χ0n) is 20.1. The molecule has 0 saturated carbocycles. The van der Waals surface area contributed by atoms with Crippen LogP contribution in [0.15, 0.2) is 90.1 Å². The third-order valence-corrected chi connectivity index (χ3v) is 7.28. The molecule has 4 aromatic rings. The summed E-state index contributed by atoms with van der Waals surface area (Å²) in [7, 11) is 0. The van der Waals surface area contributed by atoms with Gasteiger partial charge in [0.2, 0.25) is 5.89 Å². The van der Waals surface area contributed by atoms with E-state index in [0.29, 0.717) is 12.4 Å². The number of nitrogens with two attached hydrogens (primary N) is 1. The van der Waals surface area contributed by atoms with E-state index in [0.717, 1.165) is 54.0 Å². The van der Waals surface area contributed by atoms with Crippen LogP contribution in [0.2, 0.25) is 0 Å². The Morgan fingerprint density at radius 1 is 1.11 bits per heavy atom. The molecule has 2 aliphatic rings. The summed E-state index contributed by atoms with van der Waals surface area (Å²) in [5.41, 5.74) is 11.9. The molecule has 3 N–H and O–H groups in total. The van der Waals surface area contributed by atoms with Crippen LogP contribution >= 0.6 is 0 Å². The molecule has 0 aliphatic heterocycles. The molecular formula is C29H30N6O. The zero-order valence-corrected chi connectivity index (χ0v) is 20.1. The summed E-state index contributed by atoms with van der Waals surface area (Å²) in [4.78, 5) is 20.0. The van der Waals surface area contributed by atoms with Gasteiger partial charge in [-0.3, -0.25) is 4.98 Å². The lowest BCUT2D eigenvalue weighted by Crippen LogP contribution is -2.40. The van der Waals surface area contributed by atoms with E-state index in [2.05, 4.69) is 63.4 Å². The van der Waals surface area contributed by atoms with Crippen LogP contribution in [0.1, 0.15) is 54.0 Å². The van der Waals surface area contributed by atoms with Crippen molar-refractivity contribution in [1.82, 2.24) is 19.9 Å². The maximum Gasteiger partial charge on any atom is 0.225 e. The molecule has 1 aromatic carbocycles. The van der Waals surface area contributed by atoms with E-state index in [1.807, 2.05) is 24.7 Å². The summed E-state index contributed by atoms with van der Waals surface area (Å²) in [6.45, 7) is 0.396.